The number of rotatable bonds is 2. The van der Waals surface area contributed by atoms with Crippen molar-refractivity contribution in [3.05, 3.63) is 47.5 Å². The topological polar surface area (TPSA) is 55.5 Å². The van der Waals surface area contributed by atoms with Crippen molar-refractivity contribution in [3.8, 4) is 5.75 Å². The number of ether oxygens (including phenoxy) is 1. The van der Waals surface area contributed by atoms with E-state index in [0.29, 0.717) is 22.9 Å². The molecule has 3 N–H and O–H groups in total. The van der Waals surface area contributed by atoms with Gasteiger partial charge in [0.05, 0.1) is 5.02 Å². The van der Waals surface area contributed by atoms with Crippen LogP contribution in [0.3, 0.4) is 0 Å². The first-order valence-electron chi connectivity index (χ1n) is 6.04. The van der Waals surface area contributed by atoms with Crippen molar-refractivity contribution in [3.63, 3.8) is 0 Å². The molecule has 2 aromatic carbocycles. The van der Waals surface area contributed by atoms with E-state index in [-0.39, 0.29) is 6.61 Å². The van der Waals surface area contributed by atoms with Crippen LogP contribution in [0.15, 0.2) is 36.9 Å². The maximum absolute atomic E-state index is 10.7. The quantitative estimate of drug-likeness (QED) is 0.653. The molecular weight excluding hydrogens is 262 g/mol. The van der Waals surface area contributed by atoms with E-state index in [1.54, 1.807) is 12.1 Å². The van der Waals surface area contributed by atoms with E-state index in [1.165, 1.54) is 0 Å². The molecule has 3 rings (SSSR count). The van der Waals surface area contributed by atoms with Gasteiger partial charge in [-0.3, -0.25) is 0 Å². The Morgan fingerprint density at radius 3 is 3.05 bits per heavy atom. The standard InChI is InChI=1S/C15H14ClNO2/c1-2-6-15(18)8-19-14-11(16)7-12(17)9-4-3-5-10(15)13(9)14/h2-5,7,18H,1,6,8,17H2. The maximum Gasteiger partial charge on any atom is 0.146 e. The first kappa shape index (κ1) is 12.3. The van der Waals surface area contributed by atoms with Gasteiger partial charge in [0.15, 0.2) is 0 Å². The number of aliphatic hydroxyl groups is 1. The number of hydrogen-bond acceptors (Lipinski definition) is 3. The molecule has 19 heavy (non-hydrogen) atoms. The molecule has 0 saturated carbocycles. The van der Waals surface area contributed by atoms with Crippen LogP contribution in [0.1, 0.15) is 12.0 Å². The smallest absolute Gasteiger partial charge is 0.146 e. The lowest BCUT2D eigenvalue weighted by atomic mass is 9.85. The van der Waals surface area contributed by atoms with Crippen LogP contribution in [0, 0.1) is 0 Å². The molecule has 1 heterocycles. The van der Waals surface area contributed by atoms with Gasteiger partial charge in [0.25, 0.3) is 0 Å². The Kier molecular flexibility index (Phi) is 2.69. The lowest BCUT2D eigenvalue weighted by Gasteiger charge is -2.34. The number of nitrogen functional groups attached to an aromatic ring is 1. The molecule has 2 aromatic rings. The zero-order chi connectivity index (χ0) is 13.6. The second-order valence-corrected chi connectivity index (χ2v) is 5.23. The summed E-state index contributed by atoms with van der Waals surface area (Å²) in [5.41, 5.74) is 6.29. The van der Waals surface area contributed by atoms with Gasteiger partial charge in [-0.25, -0.2) is 0 Å². The second-order valence-electron chi connectivity index (χ2n) is 4.82. The highest BCUT2D eigenvalue weighted by Crippen LogP contribution is 2.46. The van der Waals surface area contributed by atoms with Crippen LogP contribution in [0.5, 0.6) is 5.75 Å². The zero-order valence-electron chi connectivity index (χ0n) is 10.3. The molecule has 0 fully saturated rings. The van der Waals surface area contributed by atoms with Crippen molar-refractivity contribution in [1.82, 2.24) is 0 Å². The first-order valence-corrected chi connectivity index (χ1v) is 6.42. The van der Waals surface area contributed by atoms with Gasteiger partial charge in [-0.1, -0.05) is 35.9 Å². The Labute approximate surface area is 116 Å². The fourth-order valence-electron chi connectivity index (χ4n) is 2.64. The summed E-state index contributed by atoms with van der Waals surface area (Å²) in [4.78, 5) is 0. The molecule has 0 radical (unpaired) electrons. The summed E-state index contributed by atoms with van der Waals surface area (Å²) in [6, 6.07) is 7.34. The van der Waals surface area contributed by atoms with E-state index in [0.717, 1.165) is 16.3 Å². The SMILES string of the molecule is C=CCC1(O)COc2c(Cl)cc(N)c3cccc1c23. The third kappa shape index (κ3) is 1.70. The van der Waals surface area contributed by atoms with E-state index in [9.17, 15) is 5.11 Å². The molecule has 0 saturated heterocycles. The Morgan fingerprint density at radius 2 is 2.32 bits per heavy atom. The molecule has 4 heteroatoms. The molecule has 0 amide bonds. The van der Waals surface area contributed by atoms with Crippen molar-refractivity contribution in [2.75, 3.05) is 12.3 Å². The number of halogens is 1. The van der Waals surface area contributed by atoms with Gasteiger partial charge in [0.2, 0.25) is 0 Å². The molecule has 1 aliphatic heterocycles. The van der Waals surface area contributed by atoms with E-state index in [1.807, 2.05) is 18.2 Å². The van der Waals surface area contributed by atoms with Crippen LogP contribution in [-0.4, -0.2) is 11.7 Å². The summed E-state index contributed by atoms with van der Waals surface area (Å²) >= 11 is 6.18. The number of benzene rings is 2. The minimum absolute atomic E-state index is 0.161. The molecule has 1 aliphatic rings. The molecule has 0 spiro atoms. The van der Waals surface area contributed by atoms with E-state index in [4.69, 9.17) is 22.1 Å². The highest BCUT2D eigenvalue weighted by molar-refractivity contribution is 6.34. The molecule has 98 valence electrons. The van der Waals surface area contributed by atoms with Crippen LogP contribution < -0.4 is 10.5 Å². The highest BCUT2D eigenvalue weighted by Gasteiger charge is 2.36. The molecular formula is C15H14ClNO2. The fraction of sp³-hybridized carbons (Fsp3) is 0.200. The van der Waals surface area contributed by atoms with Gasteiger partial charge >= 0.3 is 0 Å². The molecule has 1 atom stereocenters. The Balaban J connectivity index is 2.41. The van der Waals surface area contributed by atoms with E-state index < -0.39 is 5.60 Å². The monoisotopic (exact) mass is 275 g/mol. The Morgan fingerprint density at radius 1 is 1.53 bits per heavy atom. The molecule has 1 unspecified atom stereocenters. The number of hydrogen-bond donors (Lipinski definition) is 2. The molecule has 3 nitrogen and oxygen atoms in total. The third-order valence-corrected chi connectivity index (χ3v) is 3.82. The van der Waals surface area contributed by atoms with Crippen LogP contribution in [0.2, 0.25) is 5.02 Å². The normalized spacial score (nSPS) is 21.2. The van der Waals surface area contributed by atoms with Gasteiger partial charge in [0, 0.05) is 22.9 Å². The zero-order valence-corrected chi connectivity index (χ0v) is 11.1. The fourth-order valence-corrected chi connectivity index (χ4v) is 2.91. The summed E-state index contributed by atoms with van der Waals surface area (Å²) < 4.78 is 5.66. The van der Waals surface area contributed by atoms with Crippen molar-refractivity contribution in [2.45, 2.75) is 12.0 Å². The van der Waals surface area contributed by atoms with E-state index in [2.05, 4.69) is 6.58 Å². The first-order chi connectivity index (χ1) is 9.07. The van der Waals surface area contributed by atoms with Crippen LogP contribution >= 0.6 is 11.6 Å². The van der Waals surface area contributed by atoms with Crippen molar-refractivity contribution in [1.29, 1.82) is 0 Å². The van der Waals surface area contributed by atoms with Gasteiger partial charge < -0.3 is 15.6 Å². The summed E-state index contributed by atoms with van der Waals surface area (Å²) in [6.07, 6.45) is 2.10. The van der Waals surface area contributed by atoms with Gasteiger partial charge in [-0.15, -0.1) is 6.58 Å². The van der Waals surface area contributed by atoms with Gasteiger partial charge in [-0.05, 0) is 11.6 Å². The third-order valence-electron chi connectivity index (χ3n) is 3.54. The molecule has 0 bridgehead atoms. The van der Waals surface area contributed by atoms with Crippen LogP contribution in [-0.2, 0) is 5.60 Å². The minimum atomic E-state index is -1.08. The lowest BCUT2D eigenvalue weighted by Crippen LogP contribution is -2.35. The number of nitrogens with two attached hydrogens (primary N) is 1. The summed E-state index contributed by atoms with van der Waals surface area (Å²) in [6.45, 7) is 3.85. The molecule has 0 aliphatic carbocycles. The average Bonchev–Trinajstić information content (AvgIpc) is 2.38. The predicted molar refractivity (Wildman–Crippen MR) is 77.6 cm³/mol. The van der Waals surface area contributed by atoms with Gasteiger partial charge in [-0.2, -0.15) is 0 Å². The van der Waals surface area contributed by atoms with Crippen LogP contribution in [0.4, 0.5) is 5.69 Å². The Hall–Kier alpha value is -1.71. The highest BCUT2D eigenvalue weighted by atomic mass is 35.5. The van der Waals surface area contributed by atoms with E-state index >= 15 is 0 Å². The van der Waals surface area contributed by atoms with Crippen molar-refractivity contribution < 1.29 is 9.84 Å². The van der Waals surface area contributed by atoms with Crippen molar-refractivity contribution in [2.24, 2.45) is 0 Å². The summed E-state index contributed by atoms with van der Waals surface area (Å²) in [5.74, 6) is 0.593. The maximum atomic E-state index is 10.7. The predicted octanol–water partition coefficient (Wildman–Crippen LogP) is 3.23. The second kappa shape index (κ2) is 4.15. The Bertz CT molecular complexity index is 683. The lowest BCUT2D eigenvalue weighted by molar-refractivity contribution is -0.0106. The summed E-state index contributed by atoms with van der Waals surface area (Å²) in [5, 5.41) is 12.8. The van der Waals surface area contributed by atoms with Gasteiger partial charge in [0.1, 0.15) is 18.0 Å². The largest absolute Gasteiger partial charge is 0.488 e. The molecule has 0 aromatic heterocycles. The van der Waals surface area contributed by atoms with Crippen LogP contribution in [0.25, 0.3) is 10.8 Å². The summed E-state index contributed by atoms with van der Waals surface area (Å²) in [7, 11) is 0. The average molecular weight is 276 g/mol. The minimum Gasteiger partial charge on any atom is -0.488 e. The van der Waals surface area contributed by atoms with Crippen molar-refractivity contribution >= 4 is 28.1 Å². The number of anilines is 1.